The van der Waals surface area contributed by atoms with Crippen molar-refractivity contribution in [3.05, 3.63) is 40.6 Å². The second kappa shape index (κ2) is 8.92. The highest BCUT2D eigenvalue weighted by Crippen LogP contribution is 2.33. The van der Waals surface area contributed by atoms with Gasteiger partial charge in [-0.3, -0.25) is 9.79 Å². The van der Waals surface area contributed by atoms with E-state index in [-0.39, 0.29) is 24.4 Å². The van der Waals surface area contributed by atoms with Gasteiger partial charge in [-0.15, -0.1) is 0 Å². The van der Waals surface area contributed by atoms with Gasteiger partial charge in [0.1, 0.15) is 17.1 Å². The fraction of sp³-hybridized carbons (Fsp3) is 0.450. The van der Waals surface area contributed by atoms with Crippen LogP contribution < -0.4 is 10.3 Å². The van der Waals surface area contributed by atoms with Crippen molar-refractivity contribution < 1.29 is 19.0 Å². The van der Waals surface area contributed by atoms with Gasteiger partial charge in [0.25, 0.3) is 0 Å². The number of esters is 1. The molecule has 8 heteroatoms. The summed E-state index contributed by atoms with van der Waals surface area (Å²) in [6, 6.07) is 3.20. The first kappa shape index (κ1) is 22.2. The van der Waals surface area contributed by atoms with E-state index in [1.807, 2.05) is 27.7 Å². The number of rotatable bonds is 6. The van der Waals surface area contributed by atoms with E-state index in [4.69, 9.17) is 26.6 Å². The minimum absolute atomic E-state index is 0.00862. The molecule has 1 aromatic rings. The average Bonchev–Trinajstić information content (AvgIpc) is 2.60. The molecule has 28 heavy (non-hydrogen) atoms. The number of aliphatic imine (C=N–C) groups is 1. The van der Waals surface area contributed by atoms with Crippen LogP contribution in [0.1, 0.15) is 56.5 Å². The molecule has 0 spiro atoms. The van der Waals surface area contributed by atoms with Crippen LogP contribution >= 0.6 is 11.6 Å². The standard InChI is InChI=1S/C20H26BClN2O4/c1-6-12(2)24-17-10-13-9-14(22)11-15(18(13)28-21(17)23)19(26)27-8-7-16(25)20(3,4)5/h9,11H,2,6-8,10,23H2,1,3-5H3/b24-17-. The van der Waals surface area contributed by atoms with E-state index < -0.39 is 18.4 Å². The fourth-order valence-corrected chi connectivity index (χ4v) is 2.88. The molecule has 0 radical (unpaired) electrons. The number of ether oxygens (including phenoxy) is 1. The summed E-state index contributed by atoms with van der Waals surface area (Å²) in [7, 11) is -0.786. The van der Waals surface area contributed by atoms with Gasteiger partial charge in [0.2, 0.25) is 0 Å². The maximum absolute atomic E-state index is 12.6. The lowest BCUT2D eigenvalue weighted by Crippen LogP contribution is -2.47. The number of nitrogens with zero attached hydrogens (tertiary/aromatic N) is 1. The van der Waals surface area contributed by atoms with Crippen LogP contribution in [-0.2, 0) is 16.0 Å². The molecule has 0 saturated heterocycles. The third-order valence-corrected chi connectivity index (χ3v) is 4.62. The van der Waals surface area contributed by atoms with E-state index in [1.165, 1.54) is 6.07 Å². The smallest absolute Gasteiger partial charge is 0.495 e. The van der Waals surface area contributed by atoms with Crippen LogP contribution in [-0.4, -0.2) is 31.0 Å². The Morgan fingerprint density at radius 3 is 2.68 bits per heavy atom. The van der Waals surface area contributed by atoms with E-state index in [0.717, 1.165) is 0 Å². The number of allylic oxidation sites excluding steroid dienone is 1. The molecular weight excluding hydrogens is 378 g/mol. The third kappa shape index (κ3) is 5.46. The molecule has 0 fully saturated rings. The van der Waals surface area contributed by atoms with Crippen LogP contribution in [0.5, 0.6) is 5.75 Å². The molecule has 0 bridgehead atoms. The van der Waals surface area contributed by atoms with Crippen molar-refractivity contribution >= 4 is 36.0 Å². The van der Waals surface area contributed by atoms with Gasteiger partial charge in [0.15, 0.2) is 0 Å². The number of nitrogens with two attached hydrogens (primary N) is 1. The molecule has 0 aromatic heterocycles. The molecule has 1 aliphatic rings. The van der Waals surface area contributed by atoms with Gasteiger partial charge in [-0.1, -0.05) is 45.9 Å². The molecule has 2 N–H and O–H groups in total. The highest BCUT2D eigenvalue weighted by Gasteiger charge is 2.32. The summed E-state index contributed by atoms with van der Waals surface area (Å²) in [5.41, 5.74) is 7.80. The highest BCUT2D eigenvalue weighted by atomic mass is 35.5. The van der Waals surface area contributed by atoms with Crippen molar-refractivity contribution in [2.75, 3.05) is 6.61 Å². The molecule has 1 aromatic carbocycles. The fourth-order valence-electron chi connectivity index (χ4n) is 2.64. The Morgan fingerprint density at radius 1 is 1.39 bits per heavy atom. The van der Waals surface area contributed by atoms with Gasteiger partial charge in [0, 0.05) is 29.0 Å². The molecule has 0 saturated carbocycles. The monoisotopic (exact) mass is 404 g/mol. The van der Waals surface area contributed by atoms with Crippen LogP contribution in [0, 0.1) is 5.41 Å². The molecule has 0 unspecified atom stereocenters. The van der Waals surface area contributed by atoms with Gasteiger partial charge in [-0.2, -0.15) is 0 Å². The van der Waals surface area contributed by atoms with Crippen LogP contribution in [0.15, 0.2) is 29.4 Å². The number of carbonyl (C=O) groups is 2. The van der Waals surface area contributed by atoms with Crippen LogP contribution in [0.3, 0.4) is 0 Å². The normalized spacial score (nSPS) is 15.1. The predicted molar refractivity (Wildman–Crippen MR) is 112 cm³/mol. The van der Waals surface area contributed by atoms with Crippen LogP contribution in [0.25, 0.3) is 0 Å². The summed E-state index contributed by atoms with van der Waals surface area (Å²) in [5, 5.41) is 0.379. The number of halogens is 1. The molecule has 0 atom stereocenters. The topological polar surface area (TPSA) is 91.0 Å². The number of hydrogen-bond donors (Lipinski definition) is 1. The van der Waals surface area contributed by atoms with E-state index in [9.17, 15) is 9.59 Å². The van der Waals surface area contributed by atoms with Gasteiger partial charge in [0.05, 0.1) is 12.2 Å². The van der Waals surface area contributed by atoms with Gasteiger partial charge >= 0.3 is 13.0 Å². The van der Waals surface area contributed by atoms with E-state index in [0.29, 0.717) is 40.5 Å². The summed E-state index contributed by atoms with van der Waals surface area (Å²) in [4.78, 5) is 28.9. The Hall–Kier alpha value is -2.12. The van der Waals surface area contributed by atoms with Crippen LogP contribution in [0.2, 0.25) is 5.02 Å². The highest BCUT2D eigenvalue weighted by molar-refractivity contribution is 6.85. The second-order valence-electron chi connectivity index (χ2n) is 7.74. The SMILES string of the molecule is C=C(CC)/N=C1/Cc2cc(Cl)cc(C(=O)OCCC(=O)C(C)(C)C)c2OB1N. The first-order valence-corrected chi connectivity index (χ1v) is 9.61. The number of Topliss-reactive ketones (excluding diaryl/α,β-unsaturated/α-hetero) is 1. The number of benzene rings is 1. The summed E-state index contributed by atoms with van der Waals surface area (Å²) in [5.74, 6) is -0.250. The molecule has 150 valence electrons. The zero-order chi connectivity index (χ0) is 21.1. The summed E-state index contributed by atoms with van der Waals surface area (Å²) < 4.78 is 11.0. The van der Waals surface area contributed by atoms with Gasteiger partial charge in [-0.05, 0) is 24.1 Å². The number of carbonyl (C=O) groups excluding carboxylic acids is 2. The first-order chi connectivity index (χ1) is 13.0. The Morgan fingerprint density at radius 2 is 2.07 bits per heavy atom. The van der Waals surface area contributed by atoms with Crippen molar-refractivity contribution in [1.82, 2.24) is 0 Å². The molecule has 0 aliphatic carbocycles. The van der Waals surface area contributed by atoms with E-state index in [1.54, 1.807) is 6.07 Å². The lowest BCUT2D eigenvalue weighted by molar-refractivity contribution is -0.126. The third-order valence-electron chi connectivity index (χ3n) is 4.40. The molecule has 0 amide bonds. The van der Waals surface area contributed by atoms with Crippen molar-refractivity contribution in [3.8, 4) is 5.75 Å². The first-order valence-electron chi connectivity index (χ1n) is 9.23. The Balaban J connectivity index is 2.20. The summed E-state index contributed by atoms with van der Waals surface area (Å²) in [6.07, 6.45) is 1.25. The molecule has 1 aliphatic heterocycles. The molecule has 1 heterocycles. The quantitative estimate of drug-likeness (QED) is 0.575. The number of ketones is 1. The number of hydrogen-bond acceptors (Lipinski definition) is 6. The minimum Gasteiger partial charge on any atom is -0.541 e. The Labute approximate surface area is 171 Å². The van der Waals surface area contributed by atoms with E-state index >= 15 is 0 Å². The van der Waals surface area contributed by atoms with Crippen LogP contribution in [0.4, 0.5) is 0 Å². The van der Waals surface area contributed by atoms with Gasteiger partial charge in [-0.25, -0.2) is 4.79 Å². The van der Waals surface area contributed by atoms with Crippen molar-refractivity contribution in [2.24, 2.45) is 16.1 Å². The van der Waals surface area contributed by atoms with Crippen molar-refractivity contribution in [1.29, 1.82) is 0 Å². The molecular formula is C20H26BClN2O4. The predicted octanol–water partition coefficient (Wildman–Crippen LogP) is 3.79. The maximum atomic E-state index is 12.6. The lowest BCUT2D eigenvalue weighted by atomic mass is 9.71. The number of fused-ring (bicyclic) bond motifs is 1. The van der Waals surface area contributed by atoms with Crippen molar-refractivity contribution in [2.45, 2.75) is 47.0 Å². The van der Waals surface area contributed by atoms with Crippen molar-refractivity contribution in [3.63, 3.8) is 0 Å². The average molecular weight is 405 g/mol. The van der Waals surface area contributed by atoms with E-state index in [2.05, 4.69) is 11.6 Å². The summed E-state index contributed by atoms with van der Waals surface area (Å²) >= 11 is 6.18. The lowest BCUT2D eigenvalue weighted by Gasteiger charge is -2.25. The largest absolute Gasteiger partial charge is 0.541 e. The zero-order valence-corrected chi connectivity index (χ0v) is 17.6. The molecule has 6 nitrogen and oxygen atoms in total. The zero-order valence-electron chi connectivity index (χ0n) is 16.8. The maximum Gasteiger partial charge on any atom is 0.495 e. The minimum atomic E-state index is -0.786. The molecule has 2 rings (SSSR count). The Bertz CT molecular complexity index is 830. The Kier molecular flexibility index (Phi) is 7.07. The van der Waals surface area contributed by atoms with Gasteiger partial charge < -0.3 is 15.0 Å². The summed E-state index contributed by atoms with van der Waals surface area (Å²) in [6.45, 7) is 11.3. The second-order valence-corrected chi connectivity index (χ2v) is 8.18.